The molecular weight excluding hydrogens is 190 g/mol. The Labute approximate surface area is 90.8 Å². The van der Waals surface area contributed by atoms with E-state index in [1.807, 2.05) is 0 Å². The lowest BCUT2D eigenvalue weighted by atomic mass is 9.81. The fraction of sp³-hybridized carbons (Fsp3) is 0.833. The molecule has 2 rings (SSSR count). The standard InChI is InChI=1S/C12H19NO2/c1-2-3-8-13-11(14)9-6-4-5-7-10(9)12(13)15/h9-10H,2-8H2,1H3. The molecule has 2 aliphatic rings. The first-order valence-electron chi connectivity index (χ1n) is 6.11. The normalized spacial score (nSPS) is 30.9. The lowest BCUT2D eigenvalue weighted by molar-refractivity contribution is -0.139. The predicted molar refractivity (Wildman–Crippen MR) is 57.1 cm³/mol. The van der Waals surface area contributed by atoms with Crippen molar-refractivity contribution in [1.29, 1.82) is 0 Å². The van der Waals surface area contributed by atoms with Gasteiger partial charge in [-0.3, -0.25) is 14.5 Å². The molecule has 0 aromatic rings. The fourth-order valence-corrected chi connectivity index (χ4v) is 2.77. The number of imide groups is 1. The van der Waals surface area contributed by atoms with Gasteiger partial charge in [-0.2, -0.15) is 0 Å². The first-order valence-corrected chi connectivity index (χ1v) is 6.11. The maximum Gasteiger partial charge on any atom is 0.233 e. The molecule has 3 nitrogen and oxygen atoms in total. The van der Waals surface area contributed by atoms with Crippen LogP contribution in [0.1, 0.15) is 45.4 Å². The van der Waals surface area contributed by atoms with Crippen LogP contribution in [0.4, 0.5) is 0 Å². The van der Waals surface area contributed by atoms with Gasteiger partial charge in [0.05, 0.1) is 11.8 Å². The van der Waals surface area contributed by atoms with Gasteiger partial charge in [0.2, 0.25) is 11.8 Å². The molecule has 2 fully saturated rings. The van der Waals surface area contributed by atoms with Crippen molar-refractivity contribution in [2.45, 2.75) is 45.4 Å². The van der Waals surface area contributed by atoms with E-state index in [4.69, 9.17) is 0 Å². The van der Waals surface area contributed by atoms with Crippen LogP contribution in [0.25, 0.3) is 0 Å². The molecule has 0 radical (unpaired) electrons. The monoisotopic (exact) mass is 209 g/mol. The molecular formula is C12H19NO2. The van der Waals surface area contributed by atoms with Crippen molar-refractivity contribution in [3.8, 4) is 0 Å². The van der Waals surface area contributed by atoms with Crippen molar-refractivity contribution in [2.24, 2.45) is 11.8 Å². The third-order valence-electron chi connectivity index (χ3n) is 3.67. The molecule has 2 amide bonds. The number of carbonyl (C=O) groups excluding carboxylic acids is 2. The Hall–Kier alpha value is -0.860. The van der Waals surface area contributed by atoms with Crippen LogP contribution < -0.4 is 0 Å². The number of rotatable bonds is 3. The van der Waals surface area contributed by atoms with E-state index in [0.29, 0.717) is 6.54 Å². The second-order valence-corrected chi connectivity index (χ2v) is 4.68. The lowest BCUT2D eigenvalue weighted by Gasteiger charge is -2.19. The molecule has 15 heavy (non-hydrogen) atoms. The van der Waals surface area contributed by atoms with Gasteiger partial charge in [0, 0.05) is 6.54 Å². The number of amides is 2. The fourth-order valence-electron chi connectivity index (χ4n) is 2.77. The van der Waals surface area contributed by atoms with Gasteiger partial charge in [0.25, 0.3) is 0 Å². The van der Waals surface area contributed by atoms with Gasteiger partial charge in [-0.25, -0.2) is 0 Å². The number of fused-ring (bicyclic) bond motifs is 1. The molecule has 0 aromatic carbocycles. The number of unbranched alkanes of at least 4 members (excludes halogenated alkanes) is 1. The molecule has 0 N–H and O–H groups in total. The van der Waals surface area contributed by atoms with Crippen LogP contribution in [0, 0.1) is 11.8 Å². The third kappa shape index (κ3) is 1.80. The summed E-state index contributed by atoms with van der Waals surface area (Å²) < 4.78 is 0. The molecule has 1 saturated heterocycles. The summed E-state index contributed by atoms with van der Waals surface area (Å²) in [6, 6.07) is 0. The van der Waals surface area contributed by atoms with Gasteiger partial charge in [-0.15, -0.1) is 0 Å². The van der Waals surface area contributed by atoms with Crippen LogP contribution in [-0.2, 0) is 9.59 Å². The van der Waals surface area contributed by atoms with E-state index in [9.17, 15) is 9.59 Å². The number of carbonyl (C=O) groups is 2. The highest BCUT2D eigenvalue weighted by Gasteiger charge is 2.47. The Kier molecular flexibility index (Phi) is 3.08. The van der Waals surface area contributed by atoms with Crippen molar-refractivity contribution in [2.75, 3.05) is 6.54 Å². The Balaban J connectivity index is 2.07. The van der Waals surface area contributed by atoms with Crippen molar-refractivity contribution >= 4 is 11.8 Å². The smallest absolute Gasteiger partial charge is 0.233 e. The van der Waals surface area contributed by atoms with E-state index in [0.717, 1.165) is 38.5 Å². The zero-order valence-corrected chi connectivity index (χ0v) is 9.37. The van der Waals surface area contributed by atoms with Crippen LogP contribution >= 0.6 is 0 Å². The van der Waals surface area contributed by atoms with E-state index >= 15 is 0 Å². The minimum Gasteiger partial charge on any atom is -0.282 e. The van der Waals surface area contributed by atoms with Crippen LogP contribution in [0.5, 0.6) is 0 Å². The molecule has 0 bridgehead atoms. The number of hydrogen-bond donors (Lipinski definition) is 0. The minimum absolute atomic E-state index is 0.0307. The molecule has 0 spiro atoms. The van der Waals surface area contributed by atoms with E-state index in [1.165, 1.54) is 4.90 Å². The van der Waals surface area contributed by atoms with Gasteiger partial charge in [-0.05, 0) is 19.3 Å². The maximum atomic E-state index is 12.0. The summed E-state index contributed by atoms with van der Waals surface area (Å²) in [6.07, 6.45) is 6.06. The second-order valence-electron chi connectivity index (χ2n) is 4.68. The molecule has 2 unspecified atom stereocenters. The van der Waals surface area contributed by atoms with Crippen molar-refractivity contribution in [3.05, 3.63) is 0 Å². The molecule has 1 saturated carbocycles. The summed E-state index contributed by atoms with van der Waals surface area (Å²) in [5, 5.41) is 0. The molecule has 1 aliphatic carbocycles. The second kappa shape index (κ2) is 4.33. The highest BCUT2D eigenvalue weighted by atomic mass is 16.2. The van der Waals surface area contributed by atoms with E-state index in [-0.39, 0.29) is 23.7 Å². The highest BCUT2D eigenvalue weighted by Crippen LogP contribution is 2.37. The van der Waals surface area contributed by atoms with Gasteiger partial charge in [0.15, 0.2) is 0 Å². The van der Waals surface area contributed by atoms with Crippen LogP contribution in [0.15, 0.2) is 0 Å². The number of hydrogen-bond acceptors (Lipinski definition) is 2. The molecule has 84 valence electrons. The molecule has 1 aliphatic heterocycles. The number of likely N-dealkylation sites (tertiary alicyclic amines) is 1. The SMILES string of the molecule is CCCCN1C(=O)C2CCCCC2C1=O. The minimum atomic E-state index is 0.0307. The largest absolute Gasteiger partial charge is 0.282 e. The Morgan fingerprint density at radius 1 is 1.13 bits per heavy atom. The first-order chi connectivity index (χ1) is 7.25. The summed E-state index contributed by atoms with van der Waals surface area (Å²) >= 11 is 0. The van der Waals surface area contributed by atoms with Gasteiger partial charge < -0.3 is 0 Å². The first kappa shape index (κ1) is 10.7. The van der Waals surface area contributed by atoms with Crippen molar-refractivity contribution < 1.29 is 9.59 Å². The van der Waals surface area contributed by atoms with Gasteiger partial charge in [0.1, 0.15) is 0 Å². The summed E-state index contributed by atoms with van der Waals surface area (Å²) in [5.41, 5.74) is 0. The summed E-state index contributed by atoms with van der Waals surface area (Å²) in [7, 11) is 0. The Morgan fingerprint density at radius 3 is 2.13 bits per heavy atom. The average Bonchev–Trinajstić information content (AvgIpc) is 2.51. The Morgan fingerprint density at radius 2 is 1.67 bits per heavy atom. The number of nitrogens with zero attached hydrogens (tertiary/aromatic N) is 1. The highest BCUT2D eigenvalue weighted by molar-refractivity contribution is 6.05. The topological polar surface area (TPSA) is 37.4 Å². The van der Waals surface area contributed by atoms with E-state index in [2.05, 4.69) is 6.92 Å². The Bertz CT molecular complexity index is 251. The molecule has 3 heteroatoms. The predicted octanol–water partition coefficient (Wildman–Crippen LogP) is 1.96. The summed E-state index contributed by atoms with van der Waals surface area (Å²) in [6.45, 7) is 2.72. The summed E-state index contributed by atoms with van der Waals surface area (Å²) in [5.74, 6) is 0.280. The van der Waals surface area contributed by atoms with Crippen molar-refractivity contribution in [3.63, 3.8) is 0 Å². The van der Waals surface area contributed by atoms with Crippen molar-refractivity contribution in [1.82, 2.24) is 4.90 Å². The van der Waals surface area contributed by atoms with Crippen LogP contribution in [0.2, 0.25) is 0 Å². The quantitative estimate of drug-likeness (QED) is 0.666. The average molecular weight is 209 g/mol. The molecule has 0 aromatic heterocycles. The third-order valence-corrected chi connectivity index (χ3v) is 3.67. The van der Waals surface area contributed by atoms with E-state index < -0.39 is 0 Å². The van der Waals surface area contributed by atoms with Crippen LogP contribution in [0.3, 0.4) is 0 Å². The van der Waals surface area contributed by atoms with Gasteiger partial charge >= 0.3 is 0 Å². The zero-order valence-electron chi connectivity index (χ0n) is 9.37. The lowest BCUT2D eigenvalue weighted by Crippen LogP contribution is -2.31. The zero-order chi connectivity index (χ0) is 10.8. The molecule has 1 heterocycles. The molecule has 2 atom stereocenters. The van der Waals surface area contributed by atoms with Crippen LogP contribution in [-0.4, -0.2) is 23.3 Å². The van der Waals surface area contributed by atoms with Gasteiger partial charge in [-0.1, -0.05) is 26.2 Å². The van der Waals surface area contributed by atoms with E-state index in [1.54, 1.807) is 0 Å². The summed E-state index contributed by atoms with van der Waals surface area (Å²) in [4.78, 5) is 25.4. The maximum absolute atomic E-state index is 12.0.